The average molecular weight is 817 g/mol. The number of fused-ring (bicyclic) bond motifs is 7. The first-order valence-corrected chi connectivity index (χ1v) is 23.3. The molecule has 0 fully saturated rings. The van der Waals surface area contributed by atoms with Crippen molar-refractivity contribution in [3.8, 4) is 5.75 Å². The zero-order valence-corrected chi connectivity index (χ0v) is 35.2. The van der Waals surface area contributed by atoms with E-state index >= 15 is 0 Å². The number of rotatable bonds is 7. The molecule has 302 valence electrons. The Morgan fingerprint density at radius 3 is 2.49 bits per heavy atom. The Bertz CT molecular complexity index is 3090. The van der Waals surface area contributed by atoms with Gasteiger partial charge in [0.05, 0.1) is 21.9 Å². The highest BCUT2D eigenvalue weighted by atomic mass is 32.1. The lowest BCUT2D eigenvalue weighted by atomic mass is 9.68. The molecule has 2 nitrogen and oxygen atoms in total. The van der Waals surface area contributed by atoms with Crippen molar-refractivity contribution in [3.05, 3.63) is 209 Å². The average Bonchev–Trinajstić information content (AvgIpc) is 3.95. The van der Waals surface area contributed by atoms with Crippen molar-refractivity contribution in [2.75, 3.05) is 4.90 Å². The lowest BCUT2D eigenvalue weighted by molar-refractivity contribution is 0.266. The third kappa shape index (κ3) is 6.59. The Hall–Kier alpha value is -5.64. The largest absolute Gasteiger partial charge is 0.485 e. The Balaban J connectivity index is 0.876. The van der Waals surface area contributed by atoms with Gasteiger partial charge in [-0.15, -0.1) is 11.3 Å². The van der Waals surface area contributed by atoms with Gasteiger partial charge < -0.3 is 9.64 Å². The van der Waals surface area contributed by atoms with Gasteiger partial charge in [0.25, 0.3) is 0 Å². The SMILES string of the molecule is [2H]C1=C([2H])C([2H])C(C2=C3C=CCCC3C(C3=CCC(N(C4=CCC(C5=CC6Oc7ccccc7C6C=C5)CC4)c4cccc5c4sc4c(C6=CCCC=C6)cccc45)C=C3)C=C2)C([2H])=C1[2H]. The molecule has 0 bridgehead atoms. The van der Waals surface area contributed by atoms with Crippen LogP contribution in [0.2, 0.25) is 0 Å². The number of nitrogens with zero attached hydrogens (tertiary/aromatic N) is 1. The number of anilines is 1. The number of hydrogen-bond donors (Lipinski definition) is 0. The van der Waals surface area contributed by atoms with Gasteiger partial charge in [0.1, 0.15) is 11.9 Å². The molecule has 8 aliphatic rings. The summed E-state index contributed by atoms with van der Waals surface area (Å²) >= 11 is 1.94. The van der Waals surface area contributed by atoms with Crippen LogP contribution in [0.3, 0.4) is 0 Å². The van der Waals surface area contributed by atoms with Gasteiger partial charge in [-0.05, 0) is 121 Å². The van der Waals surface area contributed by atoms with Gasteiger partial charge in [0.15, 0.2) is 0 Å². The highest BCUT2D eigenvalue weighted by molar-refractivity contribution is 7.26. The maximum atomic E-state index is 8.90. The fourth-order valence-corrected chi connectivity index (χ4v) is 12.7. The van der Waals surface area contributed by atoms with Crippen LogP contribution in [0.25, 0.3) is 25.7 Å². The summed E-state index contributed by atoms with van der Waals surface area (Å²) in [6, 6.07) is 21.6. The monoisotopic (exact) mass is 816 g/mol. The van der Waals surface area contributed by atoms with E-state index in [2.05, 4.69) is 151 Å². The first-order chi connectivity index (χ1) is 32.3. The van der Waals surface area contributed by atoms with Crippen LogP contribution in [0.5, 0.6) is 5.75 Å². The number of hydrogen-bond acceptors (Lipinski definition) is 3. The van der Waals surface area contributed by atoms with Gasteiger partial charge in [0, 0.05) is 45.9 Å². The Kier molecular flexibility index (Phi) is 8.26. The maximum absolute atomic E-state index is 8.90. The molecule has 0 amide bonds. The Morgan fingerprint density at radius 1 is 0.721 bits per heavy atom. The highest BCUT2D eigenvalue weighted by Crippen LogP contribution is 2.49. The summed E-state index contributed by atoms with van der Waals surface area (Å²) in [5.74, 6) is 1.34. The van der Waals surface area contributed by atoms with Crippen LogP contribution in [0.15, 0.2) is 198 Å². The first-order valence-electron chi connectivity index (χ1n) is 25.1. The molecule has 0 N–H and O–H groups in total. The minimum atomic E-state index is -1.07. The molecule has 2 heterocycles. The topological polar surface area (TPSA) is 12.5 Å². The predicted octanol–water partition coefficient (Wildman–Crippen LogP) is 15.2. The minimum absolute atomic E-state index is 0.0236. The molecule has 4 aromatic rings. The number of para-hydroxylation sites is 1. The third-order valence-electron chi connectivity index (χ3n) is 14.3. The standard InChI is InChI=1S/C58H53NOS/c1-3-13-39(14-4-1)45-35-36-46(49-18-8-7-17-48(45)49)41-27-32-44(33-28-41)59(43-30-25-38(26-31-43)42-29-34-51-50-19-9-10-24-55(50)60-56(51)37-42)54-23-12-22-53-52-21-11-20-47(57(52)61-58(53)54)40-15-5-2-6-16-40/h1,3-5,7,9-13,15-17,19-24,27-30,32,34-39,44,46,49,51,56H,2,6,8,14,18,25-26,31,33H2/i1D,3D,4D,13D,14D. The molecule has 12 rings (SSSR count). The van der Waals surface area contributed by atoms with Gasteiger partial charge >= 0.3 is 0 Å². The summed E-state index contributed by atoms with van der Waals surface area (Å²) in [5.41, 5.74) is 11.3. The molecule has 8 unspecified atom stereocenters. The van der Waals surface area contributed by atoms with Crippen LogP contribution in [0.4, 0.5) is 5.69 Å². The number of thiophene rings is 1. The summed E-state index contributed by atoms with van der Waals surface area (Å²) in [6.07, 6.45) is 39.6. The van der Waals surface area contributed by atoms with E-state index in [1.54, 1.807) is 0 Å². The Labute approximate surface area is 372 Å². The van der Waals surface area contributed by atoms with Gasteiger partial charge in [-0.2, -0.15) is 0 Å². The molecule has 61 heavy (non-hydrogen) atoms. The van der Waals surface area contributed by atoms with Crippen molar-refractivity contribution in [2.45, 2.75) is 75.8 Å². The van der Waals surface area contributed by atoms with Crippen molar-refractivity contribution < 1.29 is 11.6 Å². The fourth-order valence-electron chi connectivity index (χ4n) is 11.3. The van der Waals surface area contributed by atoms with Gasteiger partial charge in [-0.3, -0.25) is 0 Å². The van der Waals surface area contributed by atoms with Crippen molar-refractivity contribution in [1.82, 2.24) is 0 Å². The van der Waals surface area contributed by atoms with Crippen LogP contribution < -0.4 is 9.64 Å². The summed E-state index contributed by atoms with van der Waals surface area (Å²) < 4.78 is 52.0. The van der Waals surface area contributed by atoms with E-state index in [1.807, 2.05) is 11.3 Å². The van der Waals surface area contributed by atoms with Crippen LogP contribution in [-0.2, 0) is 0 Å². The van der Waals surface area contributed by atoms with E-state index in [0.29, 0.717) is 5.92 Å². The summed E-state index contributed by atoms with van der Waals surface area (Å²) in [4.78, 5) is 2.67. The normalized spacial score (nSPS) is 31.6. The van der Waals surface area contributed by atoms with Crippen LogP contribution in [0.1, 0.15) is 81.7 Å². The molecule has 0 saturated heterocycles. The highest BCUT2D eigenvalue weighted by Gasteiger charge is 2.36. The van der Waals surface area contributed by atoms with Crippen LogP contribution in [-0.4, -0.2) is 12.1 Å². The summed E-state index contributed by atoms with van der Waals surface area (Å²) in [5, 5.41) is 2.63. The molecule has 0 radical (unpaired) electrons. The molecule has 1 aliphatic heterocycles. The second-order valence-corrected chi connectivity index (χ2v) is 18.7. The van der Waals surface area contributed by atoms with Crippen LogP contribution >= 0.6 is 11.3 Å². The fraction of sp³-hybridized carbons (Fsp3) is 0.276. The second kappa shape index (κ2) is 15.7. The predicted molar refractivity (Wildman–Crippen MR) is 258 cm³/mol. The molecular weight excluding hydrogens is 759 g/mol. The molecular formula is C58H53NOS. The Morgan fingerprint density at radius 2 is 1.61 bits per heavy atom. The first kappa shape index (κ1) is 32.1. The lowest BCUT2D eigenvalue weighted by Gasteiger charge is -2.40. The van der Waals surface area contributed by atoms with Crippen LogP contribution in [0, 0.1) is 23.7 Å². The molecule has 8 atom stereocenters. The zero-order valence-electron chi connectivity index (χ0n) is 39.4. The third-order valence-corrected chi connectivity index (χ3v) is 15.6. The summed E-state index contributed by atoms with van der Waals surface area (Å²) in [6.45, 7) is 0. The number of allylic oxidation sites excluding steroid dienone is 20. The molecule has 0 saturated carbocycles. The molecule has 1 aromatic heterocycles. The molecule has 3 heteroatoms. The van der Waals surface area contributed by atoms with Crippen molar-refractivity contribution in [2.24, 2.45) is 23.7 Å². The van der Waals surface area contributed by atoms with E-state index in [4.69, 9.17) is 11.6 Å². The maximum Gasteiger partial charge on any atom is 0.128 e. The van der Waals surface area contributed by atoms with Crippen molar-refractivity contribution in [1.29, 1.82) is 0 Å². The lowest BCUT2D eigenvalue weighted by Crippen LogP contribution is -2.36. The molecule has 3 aromatic carbocycles. The van der Waals surface area contributed by atoms with Crippen molar-refractivity contribution >= 4 is 42.8 Å². The second-order valence-electron chi connectivity index (χ2n) is 17.7. The van der Waals surface area contributed by atoms with Gasteiger partial charge in [-0.25, -0.2) is 0 Å². The molecule has 0 spiro atoms. The summed E-state index contributed by atoms with van der Waals surface area (Å²) in [7, 11) is 0. The van der Waals surface area contributed by atoms with Gasteiger partial charge in [0.2, 0.25) is 0 Å². The van der Waals surface area contributed by atoms with E-state index in [-0.39, 0.29) is 54.1 Å². The van der Waals surface area contributed by atoms with Crippen molar-refractivity contribution in [3.63, 3.8) is 0 Å². The quantitative estimate of drug-likeness (QED) is 0.184. The molecule has 7 aliphatic carbocycles. The van der Waals surface area contributed by atoms with E-state index in [1.165, 1.54) is 59.4 Å². The zero-order chi connectivity index (χ0) is 44.6. The van der Waals surface area contributed by atoms with E-state index in [0.717, 1.165) is 68.3 Å². The number of ether oxygens (including phenoxy) is 1. The van der Waals surface area contributed by atoms with Gasteiger partial charge in [-0.1, -0.05) is 152 Å². The smallest absolute Gasteiger partial charge is 0.128 e. The minimum Gasteiger partial charge on any atom is -0.485 e. The van der Waals surface area contributed by atoms with E-state index < -0.39 is 12.3 Å². The van der Waals surface area contributed by atoms with E-state index in [9.17, 15) is 0 Å². The number of benzene rings is 3.